The van der Waals surface area contributed by atoms with Gasteiger partial charge in [0.1, 0.15) is 25.0 Å². The predicted molar refractivity (Wildman–Crippen MR) is 63.8 cm³/mol. The van der Waals surface area contributed by atoms with Crippen LogP contribution in [0.15, 0.2) is 21.9 Å². The highest BCUT2D eigenvalue weighted by Gasteiger charge is 2.64. The molecule has 1 fully saturated rings. The van der Waals surface area contributed by atoms with Crippen molar-refractivity contribution in [3.05, 3.63) is 33.1 Å². The van der Waals surface area contributed by atoms with Gasteiger partial charge in [-0.15, -0.1) is 0 Å². The third-order valence-electron chi connectivity index (χ3n) is 3.43. The molecule has 4 atom stereocenters. The molecule has 9 nitrogen and oxygen atoms in total. The number of aromatic nitrogens is 2. The number of nitriles is 1. The summed E-state index contributed by atoms with van der Waals surface area (Å²) in [5, 5.41) is 38.4. The van der Waals surface area contributed by atoms with Crippen molar-refractivity contribution in [2.24, 2.45) is 0 Å². The number of rotatable bonds is 3. The molecule has 2 heterocycles. The van der Waals surface area contributed by atoms with Crippen LogP contribution in [0.2, 0.25) is 0 Å². The van der Waals surface area contributed by atoms with Gasteiger partial charge < -0.3 is 20.1 Å². The average Bonchev–Trinajstić information content (AvgIpc) is 2.70. The van der Waals surface area contributed by atoms with Gasteiger partial charge in [-0.2, -0.15) is 5.26 Å². The lowest BCUT2D eigenvalue weighted by atomic mass is 9.95. The van der Waals surface area contributed by atoms with Gasteiger partial charge in [0.05, 0.1) is 6.61 Å². The Labute approximate surface area is 116 Å². The summed E-state index contributed by atoms with van der Waals surface area (Å²) in [4.78, 5) is 24.6. The van der Waals surface area contributed by atoms with Crippen molar-refractivity contribution in [2.45, 2.75) is 23.5 Å². The standard InChI is InChI=1S/C11H12FN3O6/c12-3-10(5-16)7(18)8(19)11(4-13,21-10)15-2-1-6(17)14-9(15)20/h1-2,7-8,16,18-19H,3,5H2,(H,14,17,20). The second kappa shape index (κ2) is 5.05. The summed E-state index contributed by atoms with van der Waals surface area (Å²) in [7, 11) is 0. The van der Waals surface area contributed by atoms with Gasteiger partial charge in [-0.1, -0.05) is 0 Å². The Morgan fingerprint density at radius 1 is 1.48 bits per heavy atom. The van der Waals surface area contributed by atoms with E-state index in [1.165, 1.54) is 6.07 Å². The van der Waals surface area contributed by atoms with Crippen molar-refractivity contribution in [2.75, 3.05) is 13.3 Å². The number of aromatic amines is 1. The first-order valence-corrected chi connectivity index (χ1v) is 5.84. The first-order valence-electron chi connectivity index (χ1n) is 5.84. The summed E-state index contributed by atoms with van der Waals surface area (Å²) in [6.45, 7) is -2.42. The largest absolute Gasteiger partial charge is 0.393 e. The highest BCUT2D eigenvalue weighted by molar-refractivity contribution is 5.16. The number of halogens is 1. The van der Waals surface area contributed by atoms with Gasteiger partial charge in [-0.25, -0.2) is 9.18 Å². The molecule has 1 saturated heterocycles. The zero-order valence-corrected chi connectivity index (χ0v) is 10.6. The van der Waals surface area contributed by atoms with Crippen LogP contribution in [0.4, 0.5) is 4.39 Å². The van der Waals surface area contributed by atoms with Gasteiger partial charge in [0.15, 0.2) is 5.60 Å². The normalized spacial score (nSPS) is 35.6. The van der Waals surface area contributed by atoms with Crippen LogP contribution < -0.4 is 11.2 Å². The average molecular weight is 301 g/mol. The van der Waals surface area contributed by atoms with Crippen molar-refractivity contribution >= 4 is 0 Å². The van der Waals surface area contributed by atoms with Gasteiger partial charge in [0.2, 0.25) is 0 Å². The van der Waals surface area contributed by atoms with Crippen LogP contribution in [0, 0.1) is 11.3 Å². The van der Waals surface area contributed by atoms with Crippen molar-refractivity contribution in [1.82, 2.24) is 9.55 Å². The van der Waals surface area contributed by atoms with E-state index in [9.17, 15) is 34.6 Å². The van der Waals surface area contributed by atoms with Crippen molar-refractivity contribution in [3.8, 4) is 6.07 Å². The van der Waals surface area contributed by atoms with Crippen LogP contribution in [0.3, 0.4) is 0 Å². The zero-order valence-electron chi connectivity index (χ0n) is 10.6. The topological polar surface area (TPSA) is 149 Å². The highest BCUT2D eigenvalue weighted by Crippen LogP contribution is 2.41. The fourth-order valence-electron chi connectivity index (χ4n) is 2.22. The molecule has 10 heteroatoms. The van der Waals surface area contributed by atoms with E-state index >= 15 is 0 Å². The number of H-pyrrole nitrogens is 1. The minimum atomic E-state index is -2.48. The molecular weight excluding hydrogens is 289 g/mol. The molecule has 1 aromatic rings. The van der Waals surface area contributed by atoms with Crippen LogP contribution in [0.5, 0.6) is 0 Å². The van der Waals surface area contributed by atoms with Crippen LogP contribution in [-0.4, -0.2) is 56.0 Å². The van der Waals surface area contributed by atoms with Crippen LogP contribution in [-0.2, 0) is 10.5 Å². The molecule has 0 spiro atoms. The molecule has 0 amide bonds. The van der Waals surface area contributed by atoms with Crippen molar-refractivity contribution < 1.29 is 24.4 Å². The number of hydrogen-bond acceptors (Lipinski definition) is 7. The lowest BCUT2D eigenvalue weighted by Crippen LogP contribution is -2.50. The van der Waals surface area contributed by atoms with Gasteiger partial charge in [-0.05, 0) is 0 Å². The van der Waals surface area contributed by atoms with E-state index in [4.69, 9.17) is 4.74 Å². The number of nitrogens with one attached hydrogen (secondary N) is 1. The summed E-state index contributed by atoms with van der Waals surface area (Å²) in [6, 6.07) is 2.37. The van der Waals surface area contributed by atoms with Crippen LogP contribution in [0.1, 0.15) is 0 Å². The van der Waals surface area contributed by atoms with Crippen molar-refractivity contribution in [3.63, 3.8) is 0 Å². The molecule has 1 aromatic heterocycles. The monoisotopic (exact) mass is 301 g/mol. The first-order chi connectivity index (χ1) is 9.86. The second-order valence-electron chi connectivity index (χ2n) is 4.64. The number of aliphatic hydroxyl groups is 3. The lowest BCUT2D eigenvalue weighted by molar-refractivity contribution is -0.168. The molecule has 2 rings (SSSR count). The van der Waals surface area contributed by atoms with Gasteiger partial charge >= 0.3 is 5.69 Å². The summed E-state index contributed by atoms with van der Waals surface area (Å²) in [5.74, 6) is 0. The molecular formula is C11H12FN3O6. The molecule has 114 valence electrons. The molecule has 0 saturated carbocycles. The number of alkyl halides is 1. The Bertz CT molecular complexity index is 690. The molecule has 21 heavy (non-hydrogen) atoms. The van der Waals surface area contributed by atoms with E-state index in [-0.39, 0.29) is 0 Å². The maximum absolute atomic E-state index is 13.1. The predicted octanol–water partition coefficient (Wildman–Crippen LogP) is -2.83. The van der Waals surface area contributed by atoms with Gasteiger partial charge in [0, 0.05) is 12.3 Å². The molecule has 0 radical (unpaired) electrons. The number of hydrogen-bond donors (Lipinski definition) is 4. The van der Waals surface area contributed by atoms with Crippen LogP contribution >= 0.6 is 0 Å². The summed E-state index contributed by atoms with van der Waals surface area (Å²) < 4.78 is 18.7. The SMILES string of the molecule is N#CC1(n2ccc(=O)[nH]c2=O)OC(CO)(CF)C(O)C1O. The van der Waals surface area contributed by atoms with E-state index in [0.29, 0.717) is 4.57 Å². The summed E-state index contributed by atoms with van der Waals surface area (Å²) in [6.07, 6.45) is -3.11. The third-order valence-corrected chi connectivity index (χ3v) is 3.43. The van der Waals surface area contributed by atoms with Crippen LogP contribution in [0.25, 0.3) is 0 Å². The Kier molecular flexibility index (Phi) is 3.68. The Morgan fingerprint density at radius 2 is 2.14 bits per heavy atom. The lowest BCUT2D eigenvalue weighted by Gasteiger charge is -2.28. The quantitative estimate of drug-likeness (QED) is 0.470. The maximum Gasteiger partial charge on any atom is 0.331 e. The Hall–Kier alpha value is -2.06. The summed E-state index contributed by atoms with van der Waals surface area (Å²) >= 11 is 0. The molecule has 0 bridgehead atoms. The van der Waals surface area contributed by atoms with E-state index in [1.54, 1.807) is 0 Å². The molecule has 4 N–H and O–H groups in total. The smallest absolute Gasteiger partial charge is 0.331 e. The fourth-order valence-corrected chi connectivity index (χ4v) is 2.22. The minimum Gasteiger partial charge on any atom is -0.393 e. The Balaban J connectivity index is 2.66. The molecule has 0 aliphatic carbocycles. The van der Waals surface area contributed by atoms with E-state index in [1.807, 2.05) is 4.98 Å². The molecule has 1 aliphatic rings. The fraction of sp³-hybridized carbons (Fsp3) is 0.545. The third kappa shape index (κ3) is 1.98. The van der Waals surface area contributed by atoms with E-state index < -0.39 is 48.1 Å². The first kappa shape index (κ1) is 15.3. The van der Waals surface area contributed by atoms with E-state index in [2.05, 4.69) is 0 Å². The second-order valence-corrected chi connectivity index (χ2v) is 4.64. The van der Waals surface area contributed by atoms with E-state index in [0.717, 1.165) is 12.3 Å². The molecule has 4 unspecified atom stereocenters. The number of aliphatic hydroxyl groups excluding tert-OH is 3. The van der Waals surface area contributed by atoms with Crippen molar-refractivity contribution in [1.29, 1.82) is 5.26 Å². The maximum atomic E-state index is 13.1. The number of ether oxygens (including phenoxy) is 1. The molecule has 0 aromatic carbocycles. The van der Waals surface area contributed by atoms with Gasteiger partial charge in [0.25, 0.3) is 11.3 Å². The Morgan fingerprint density at radius 3 is 2.57 bits per heavy atom. The van der Waals surface area contributed by atoms with Gasteiger partial charge in [-0.3, -0.25) is 14.3 Å². The summed E-state index contributed by atoms with van der Waals surface area (Å²) in [5.41, 5.74) is -6.57. The number of nitrogens with zero attached hydrogens (tertiary/aromatic N) is 2. The highest BCUT2D eigenvalue weighted by atomic mass is 19.1. The zero-order chi connectivity index (χ0) is 15.8. The minimum absolute atomic E-state index is 0.523. The molecule has 1 aliphatic heterocycles.